The second-order valence-electron chi connectivity index (χ2n) is 4.34. The van der Waals surface area contributed by atoms with Gasteiger partial charge in [0.2, 0.25) is 0 Å². The molecule has 1 saturated heterocycles. The summed E-state index contributed by atoms with van der Waals surface area (Å²) in [4.78, 5) is 9.44. The molecule has 1 aromatic carbocycles. The monoisotopic (exact) mass is 219 g/mol. The number of nitrogens with one attached hydrogen (secondary N) is 1. The highest BCUT2D eigenvalue weighted by atomic mass is 16.1. The van der Waals surface area contributed by atoms with Crippen LogP contribution in [0.1, 0.15) is 38.2 Å². The SMILES string of the molecule is CC(C)=O.c1ccc(C2CCNCC2)cc1. The molecule has 0 unspecified atom stereocenters. The quantitative estimate of drug-likeness (QED) is 0.787. The summed E-state index contributed by atoms with van der Waals surface area (Å²) in [5, 5.41) is 3.38. The highest BCUT2D eigenvalue weighted by Crippen LogP contribution is 2.24. The molecule has 1 aliphatic heterocycles. The Morgan fingerprint density at radius 1 is 1.12 bits per heavy atom. The van der Waals surface area contributed by atoms with Crippen LogP contribution >= 0.6 is 0 Å². The van der Waals surface area contributed by atoms with Crippen LogP contribution in [0.5, 0.6) is 0 Å². The van der Waals surface area contributed by atoms with E-state index in [0.29, 0.717) is 0 Å². The van der Waals surface area contributed by atoms with Crippen molar-refractivity contribution in [3.8, 4) is 0 Å². The van der Waals surface area contributed by atoms with Gasteiger partial charge in [0.25, 0.3) is 0 Å². The third-order valence-electron chi connectivity index (χ3n) is 2.61. The van der Waals surface area contributed by atoms with Gasteiger partial charge in [-0.2, -0.15) is 0 Å². The number of Topliss-reactive ketones (excluding diaryl/α,β-unsaturated/α-hetero) is 1. The molecule has 1 aromatic rings. The first-order valence-corrected chi connectivity index (χ1v) is 5.93. The maximum Gasteiger partial charge on any atom is 0.126 e. The number of piperidine rings is 1. The number of carbonyl (C=O) groups excluding carboxylic acids is 1. The number of hydrogen-bond donors (Lipinski definition) is 1. The Hall–Kier alpha value is -1.15. The lowest BCUT2D eigenvalue weighted by Crippen LogP contribution is -2.26. The van der Waals surface area contributed by atoms with Crippen molar-refractivity contribution in [2.75, 3.05) is 13.1 Å². The van der Waals surface area contributed by atoms with Crippen LogP contribution in [0.25, 0.3) is 0 Å². The van der Waals surface area contributed by atoms with Crippen LogP contribution in [0.4, 0.5) is 0 Å². The van der Waals surface area contributed by atoms with E-state index in [-0.39, 0.29) is 5.78 Å². The van der Waals surface area contributed by atoms with E-state index >= 15 is 0 Å². The summed E-state index contributed by atoms with van der Waals surface area (Å²) in [6.07, 6.45) is 2.59. The standard InChI is InChI=1S/C11H15N.C3H6O/c1-2-4-10(5-3-1)11-6-8-12-9-7-11;1-3(2)4/h1-5,11-12H,6-9H2;1-2H3. The second-order valence-corrected chi connectivity index (χ2v) is 4.34. The zero-order valence-electron chi connectivity index (χ0n) is 10.2. The molecule has 2 nitrogen and oxygen atoms in total. The van der Waals surface area contributed by atoms with Crippen molar-refractivity contribution < 1.29 is 4.79 Å². The van der Waals surface area contributed by atoms with Gasteiger partial charge in [0.15, 0.2) is 0 Å². The van der Waals surface area contributed by atoms with Crippen LogP contribution in [0.3, 0.4) is 0 Å². The van der Waals surface area contributed by atoms with E-state index in [1.54, 1.807) is 0 Å². The van der Waals surface area contributed by atoms with Gasteiger partial charge >= 0.3 is 0 Å². The summed E-state index contributed by atoms with van der Waals surface area (Å²) in [5.41, 5.74) is 1.51. The van der Waals surface area contributed by atoms with E-state index in [1.165, 1.54) is 45.3 Å². The highest BCUT2D eigenvalue weighted by molar-refractivity contribution is 5.72. The first-order valence-electron chi connectivity index (χ1n) is 5.93. The fourth-order valence-corrected chi connectivity index (χ4v) is 1.88. The van der Waals surface area contributed by atoms with Gasteiger partial charge in [-0.3, -0.25) is 0 Å². The molecule has 0 radical (unpaired) electrons. The van der Waals surface area contributed by atoms with E-state index in [2.05, 4.69) is 35.6 Å². The molecule has 0 aliphatic carbocycles. The third kappa shape index (κ3) is 5.08. The van der Waals surface area contributed by atoms with Gasteiger partial charge in [0.1, 0.15) is 5.78 Å². The zero-order chi connectivity index (χ0) is 11.8. The topological polar surface area (TPSA) is 29.1 Å². The van der Waals surface area contributed by atoms with Crippen LogP contribution in [-0.4, -0.2) is 18.9 Å². The second kappa shape index (κ2) is 7.18. The molecular formula is C14H21NO. The van der Waals surface area contributed by atoms with Gasteiger partial charge in [0, 0.05) is 0 Å². The Morgan fingerprint density at radius 2 is 1.62 bits per heavy atom. The molecule has 1 N–H and O–H groups in total. The van der Waals surface area contributed by atoms with E-state index in [4.69, 9.17) is 0 Å². The molecule has 1 heterocycles. The van der Waals surface area contributed by atoms with Crippen molar-refractivity contribution in [1.29, 1.82) is 0 Å². The van der Waals surface area contributed by atoms with Gasteiger partial charge in [-0.1, -0.05) is 30.3 Å². The molecule has 0 bridgehead atoms. The van der Waals surface area contributed by atoms with Crippen molar-refractivity contribution in [3.05, 3.63) is 35.9 Å². The predicted molar refractivity (Wildman–Crippen MR) is 67.6 cm³/mol. The smallest absolute Gasteiger partial charge is 0.126 e. The minimum Gasteiger partial charge on any atom is -0.317 e. The van der Waals surface area contributed by atoms with Crippen molar-refractivity contribution >= 4 is 5.78 Å². The molecule has 88 valence electrons. The molecule has 1 fully saturated rings. The average Bonchev–Trinajstić information content (AvgIpc) is 2.31. The van der Waals surface area contributed by atoms with Crippen LogP contribution in [0.2, 0.25) is 0 Å². The predicted octanol–water partition coefficient (Wildman–Crippen LogP) is 2.75. The van der Waals surface area contributed by atoms with Crippen molar-refractivity contribution in [2.24, 2.45) is 0 Å². The summed E-state index contributed by atoms with van der Waals surface area (Å²) in [7, 11) is 0. The first-order chi connectivity index (χ1) is 7.70. The summed E-state index contributed by atoms with van der Waals surface area (Å²) in [5.74, 6) is 0.965. The van der Waals surface area contributed by atoms with Crippen molar-refractivity contribution in [3.63, 3.8) is 0 Å². The molecule has 0 saturated carbocycles. The molecule has 0 amide bonds. The maximum absolute atomic E-state index is 9.44. The Labute approximate surface area is 98.1 Å². The van der Waals surface area contributed by atoms with Crippen molar-refractivity contribution in [1.82, 2.24) is 5.32 Å². The maximum atomic E-state index is 9.44. The lowest BCUT2D eigenvalue weighted by atomic mass is 9.90. The number of hydrogen-bond acceptors (Lipinski definition) is 2. The summed E-state index contributed by atoms with van der Waals surface area (Å²) in [6, 6.07) is 10.9. The Bertz CT molecular complexity index is 298. The normalized spacial score (nSPS) is 16.1. The zero-order valence-corrected chi connectivity index (χ0v) is 10.2. The summed E-state index contributed by atoms with van der Waals surface area (Å²) in [6.45, 7) is 5.42. The number of rotatable bonds is 1. The number of ketones is 1. The molecule has 1 aliphatic rings. The summed E-state index contributed by atoms with van der Waals surface area (Å²) < 4.78 is 0. The van der Waals surface area contributed by atoms with E-state index in [1.807, 2.05) is 0 Å². The Morgan fingerprint density at radius 3 is 2.12 bits per heavy atom. The largest absolute Gasteiger partial charge is 0.317 e. The lowest BCUT2D eigenvalue weighted by molar-refractivity contribution is -0.114. The van der Waals surface area contributed by atoms with Crippen LogP contribution in [0, 0.1) is 0 Å². The Kier molecular flexibility index (Phi) is 5.79. The fraction of sp³-hybridized carbons (Fsp3) is 0.500. The van der Waals surface area contributed by atoms with Crippen molar-refractivity contribution in [2.45, 2.75) is 32.6 Å². The molecule has 0 spiro atoms. The van der Waals surface area contributed by atoms with E-state index in [0.717, 1.165) is 5.92 Å². The third-order valence-corrected chi connectivity index (χ3v) is 2.61. The molecule has 2 heteroatoms. The molecular weight excluding hydrogens is 198 g/mol. The van der Waals surface area contributed by atoms with Crippen LogP contribution < -0.4 is 5.32 Å². The van der Waals surface area contributed by atoms with E-state index < -0.39 is 0 Å². The average molecular weight is 219 g/mol. The van der Waals surface area contributed by atoms with Gasteiger partial charge in [-0.05, 0) is 51.3 Å². The molecule has 0 atom stereocenters. The fourth-order valence-electron chi connectivity index (χ4n) is 1.88. The van der Waals surface area contributed by atoms with Gasteiger partial charge < -0.3 is 10.1 Å². The van der Waals surface area contributed by atoms with E-state index in [9.17, 15) is 4.79 Å². The first kappa shape index (κ1) is 12.9. The minimum atomic E-state index is 0.167. The molecule has 16 heavy (non-hydrogen) atoms. The number of carbonyl (C=O) groups is 1. The lowest BCUT2D eigenvalue weighted by Gasteiger charge is -2.22. The van der Waals surface area contributed by atoms with Crippen LogP contribution in [-0.2, 0) is 4.79 Å². The van der Waals surface area contributed by atoms with Gasteiger partial charge in [0.05, 0.1) is 0 Å². The molecule has 0 aromatic heterocycles. The summed E-state index contributed by atoms with van der Waals surface area (Å²) >= 11 is 0. The minimum absolute atomic E-state index is 0.167. The number of benzene rings is 1. The van der Waals surface area contributed by atoms with Gasteiger partial charge in [-0.15, -0.1) is 0 Å². The van der Waals surface area contributed by atoms with Crippen LogP contribution in [0.15, 0.2) is 30.3 Å². The molecule has 2 rings (SSSR count). The highest BCUT2D eigenvalue weighted by Gasteiger charge is 2.13. The Balaban J connectivity index is 0.000000280. The van der Waals surface area contributed by atoms with Gasteiger partial charge in [-0.25, -0.2) is 0 Å².